The van der Waals surface area contributed by atoms with Crippen molar-refractivity contribution in [3.8, 4) is 44.9 Å². The third-order valence-electron chi connectivity index (χ3n) is 10.4. The zero-order valence-corrected chi connectivity index (χ0v) is 39.5. The number of aryl methyl sites for hydroxylation is 6. The van der Waals surface area contributed by atoms with E-state index in [2.05, 4.69) is 145 Å². The summed E-state index contributed by atoms with van der Waals surface area (Å²) in [5, 5.41) is 5.16. The molecule has 8 aromatic rings. The molecule has 2 radical (unpaired) electrons. The van der Waals surface area contributed by atoms with Crippen molar-refractivity contribution < 1.29 is 32.2 Å². The molecule has 0 unspecified atom stereocenters. The maximum absolute atomic E-state index is 5.84. The summed E-state index contributed by atoms with van der Waals surface area (Å²) in [6, 6.07) is 39.7. The second kappa shape index (κ2) is 21.2. The Morgan fingerprint density at radius 1 is 0.500 bits per heavy atom. The van der Waals surface area contributed by atoms with Crippen LogP contribution in [-0.2, 0) is 36.2 Å². The average Bonchev–Trinajstić information content (AvgIpc) is 3.98. The summed E-state index contributed by atoms with van der Waals surface area (Å²) in [6.45, 7) is 20.3. The number of benzene rings is 4. The van der Waals surface area contributed by atoms with E-state index in [0.717, 1.165) is 47.0 Å². The van der Waals surface area contributed by atoms with Gasteiger partial charge in [0.05, 0.1) is 23.0 Å². The van der Waals surface area contributed by atoms with Crippen LogP contribution in [0.3, 0.4) is 0 Å². The Kier molecular flexibility index (Phi) is 18.4. The number of hydrogen-bond donors (Lipinski definition) is 0. The Balaban J connectivity index is 0.000000347. The van der Waals surface area contributed by atoms with Gasteiger partial charge in [0.2, 0.25) is 0 Å². The summed E-state index contributed by atoms with van der Waals surface area (Å²) in [6.07, 6.45) is 2.14. The summed E-state index contributed by atoms with van der Waals surface area (Å²) in [5.41, 5.74) is 15.7. The average molecular weight is 877 g/mol. The van der Waals surface area contributed by atoms with E-state index in [4.69, 9.17) is 8.83 Å². The summed E-state index contributed by atoms with van der Waals surface area (Å²) >= 11 is 1.36. The van der Waals surface area contributed by atoms with Crippen molar-refractivity contribution in [2.45, 2.75) is 68.2 Å². The summed E-state index contributed by atoms with van der Waals surface area (Å²) in [5.74, 6) is 3.78. The number of rotatable bonds is 6. The second-order valence-electron chi connectivity index (χ2n) is 13.8. The van der Waals surface area contributed by atoms with Crippen molar-refractivity contribution in [2.24, 2.45) is 0 Å². The van der Waals surface area contributed by atoms with Gasteiger partial charge in [0, 0.05) is 0 Å². The molecule has 0 saturated heterocycles. The Labute approximate surface area is 364 Å². The minimum atomic E-state index is 0. The van der Waals surface area contributed by atoms with E-state index in [0.29, 0.717) is 0 Å². The minimum absolute atomic E-state index is 0. The van der Waals surface area contributed by atoms with Gasteiger partial charge in [-0.15, -0.1) is 82.8 Å². The molecule has 2 nitrogen and oxygen atoms in total. The monoisotopic (exact) mass is 874 g/mol. The van der Waals surface area contributed by atoms with E-state index < -0.39 is 0 Å². The van der Waals surface area contributed by atoms with E-state index in [1.54, 1.807) is 0 Å². The van der Waals surface area contributed by atoms with Gasteiger partial charge in [-0.3, -0.25) is 0 Å². The van der Waals surface area contributed by atoms with E-state index >= 15 is 0 Å². The Hall–Kier alpha value is -3.66. The molecular weight excluding hydrogens is 823 g/mol. The Morgan fingerprint density at radius 3 is 1.12 bits per heavy atom. The third kappa shape index (κ3) is 10.1. The van der Waals surface area contributed by atoms with Crippen molar-refractivity contribution in [2.75, 3.05) is 0 Å². The van der Waals surface area contributed by atoms with Gasteiger partial charge < -0.3 is 23.7 Å². The molecule has 0 aliphatic carbocycles. The Bertz CT molecular complexity index is 2300. The van der Waals surface area contributed by atoms with Crippen LogP contribution < -0.4 is 0 Å². The van der Waals surface area contributed by atoms with Gasteiger partial charge in [0.1, 0.15) is 0 Å². The van der Waals surface area contributed by atoms with Crippen molar-refractivity contribution in [3.05, 3.63) is 169 Å². The van der Waals surface area contributed by atoms with Gasteiger partial charge in [0.15, 0.2) is 0 Å². The molecule has 0 amide bonds. The quantitative estimate of drug-likeness (QED) is 0.123. The molecule has 0 N–H and O–H groups in total. The van der Waals surface area contributed by atoms with Gasteiger partial charge in [-0.25, -0.2) is 0 Å². The SMILES string of the molecule is CCc1ccc(-c2c(C)c(C)cc3[cH-]c(-c4ccc(C)o4)cc23)cc1.CCc1ccc(-c2c(C)c(C)cc3[cH-]c(-c4ccc(C)o4)cc23)cc1.Cl.Cl.[CH3-].[CH3-].[Si]=[Zr]. The van der Waals surface area contributed by atoms with Crippen LogP contribution in [-0.4, -0.2) is 6.88 Å². The molecule has 0 atom stereocenters. The number of furan rings is 2. The van der Waals surface area contributed by atoms with Crippen LogP contribution >= 0.6 is 24.8 Å². The molecule has 292 valence electrons. The van der Waals surface area contributed by atoms with E-state index in [1.165, 1.54) is 101 Å². The zero-order chi connectivity index (χ0) is 37.1. The Morgan fingerprint density at radius 2 is 0.839 bits per heavy atom. The first-order chi connectivity index (χ1) is 25.1. The first-order valence-electron chi connectivity index (χ1n) is 18.1. The van der Waals surface area contributed by atoms with E-state index in [9.17, 15) is 0 Å². The van der Waals surface area contributed by atoms with Gasteiger partial charge in [-0.05, 0) is 112 Å². The van der Waals surface area contributed by atoms with Gasteiger partial charge in [0.25, 0.3) is 0 Å². The summed E-state index contributed by atoms with van der Waals surface area (Å²) in [7, 11) is 0. The second-order valence-corrected chi connectivity index (χ2v) is 13.8. The molecular formula is C50H54Cl2O2SiZr-4. The molecule has 0 aliphatic heterocycles. The molecule has 0 spiro atoms. The van der Waals surface area contributed by atoms with E-state index in [-0.39, 0.29) is 39.7 Å². The summed E-state index contributed by atoms with van der Waals surface area (Å²) in [4.78, 5) is 0. The molecule has 8 rings (SSSR count). The molecule has 2 heterocycles. The van der Waals surface area contributed by atoms with Crippen molar-refractivity contribution in [3.63, 3.8) is 0 Å². The standard InChI is InChI=1S/2C24H23O.2CH3.2ClH.Si.Zr/c2*1-5-18-7-9-19(10-8-18)24-17(4)15(2)12-20-13-21(14-22(20)24)23-11-6-16(3)25-23;;;;;;/h2*6-14H,5H2,1-4H3;2*1H3;2*1H;;/q4*-1;;;;. The van der Waals surface area contributed by atoms with Crippen molar-refractivity contribution in [1.29, 1.82) is 0 Å². The fourth-order valence-corrected chi connectivity index (χ4v) is 7.23. The van der Waals surface area contributed by atoms with Gasteiger partial charge >= 0.3 is 30.2 Å². The van der Waals surface area contributed by atoms with Crippen LogP contribution in [0, 0.1) is 56.4 Å². The fourth-order valence-electron chi connectivity index (χ4n) is 7.23. The molecule has 6 aromatic carbocycles. The first-order valence-corrected chi connectivity index (χ1v) is 22.3. The van der Waals surface area contributed by atoms with Crippen molar-refractivity contribution >= 4 is 53.2 Å². The molecule has 56 heavy (non-hydrogen) atoms. The van der Waals surface area contributed by atoms with Crippen molar-refractivity contribution in [1.82, 2.24) is 0 Å². The molecule has 0 aliphatic rings. The van der Waals surface area contributed by atoms with Crippen LogP contribution in [0.5, 0.6) is 0 Å². The molecule has 6 heteroatoms. The van der Waals surface area contributed by atoms with Crippen LogP contribution in [0.4, 0.5) is 0 Å². The van der Waals surface area contributed by atoms with Crippen LogP contribution in [0.1, 0.15) is 58.7 Å². The first kappa shape index (κ1) is 48.5. The maximum atomic E-state index is 5.84. The zero-order valence-electron chi connectivity index (χ0n) is 34.4. The van der Waals surface area contributed by atoms with Gasteiger partial charge in [-0.2, -0.15) is 0 Å². The topological polar surface area (TPSA) is 26.3 Å². The fraction of sp³-hybridized carbons (Fsp3) is 0.200. The molecule has 0 fully saturated rings. The molecule has 0 saturated carbocycles. The molecule has 2 aromatic heterocycles. The number of fused-ring (bicyclic) bond motifs is 2. The van der Waals surface area contributed by atoms with Crippen LogP contribution in [0.15, 0.2) is 118 Å². The number of halogens is 2. The number of hydrogen-bond acceptors (Lipinski definition) is 2. The van der Waals surface area contributed by atoms with Crippen LogP contribution in [0.2, 0.25) is 0 Å². The predicted octanol–water partition coefficient (Wildman–Crippen LogP) is 15.3. The molecule has 0 bridgehead atoms. The van der Waals surface area contributed by atoms with Gasteiger partial charge in [-0.1, -0.05) is 95.8 Å². The van der Waals surface area contributed by atoms with E-state index in [1.807, 2.05) is 26.0 Å². The summed E-state index contributed by atoms with van der Waals surface area (Å²) < 4.78 is 11.7. The third-order valence-corrected chi connectivity index (χ3v) is 10.4. The van der Waals surface area contributed by atoms with Crippen LogP contribution in [0.25, 0.3) is 66.4 Å². The normalized spacial score (nSPS) is 10.2. The predicted molar refractivity (Wildman–Crippen MR) is 246 cm³/mol.